The number of benzene rings is 1. The van der Waals surface area contributed by atoms with Crippen molar-refractivity contribution in [2.45, 2.75) is 26.0 Å². The molecule has 5 heteroatoms. The average Bonchev–Trinajstić information content (AvgIpc) is 2.44. The fraction of sp³-hybridized carbons (Fsp3) is 0.400. The van der Waals surface area contributed by atoms with Gasteiger partial charge in [0.15, 0.2) is 17.6 Å². The van der Waals surface area contributed by atoms with Crippen LogP contribution in [0, 0.1) is 12.3 Å². The highest BCUT2D eigenvalue weighted by Gasteiger charge is 2.16. The third kappa shape index (κ3) is 4.18. The van der Waals surface area contributed by atoms with Crippen LogP contribution in [0.15, 0.2) is 18.2 Å². The van der Waals surface area contributed by atoms with E-state index >= 15 is 0 Å². The summed E-state index contributed by atoms with van der Waals surface area (Å²) < 4.78 is 10.8. The van der Waals surface area contributed by atoms with Crippen LogP contribution in [0.4, 0.5) is 0 Å². The first-order valence-electron chi connectivity index (χ1n) is 6.31. The van der Waals surface area contributed by atoms with Gasteiger partial charge in [0, 0.05) is 6.04 Å². The molecule has 1 aromatic rings. The molecule has 0 aromatic heterocycles. The SMILES string of the molecule is C#CCNC(=O)C(C)Oc1ccc(C(C)N)cc1OC. The minimum Gasteiger partial charge on any atom is -0.493 e. The Morgan fingerprint density at radius 2 is 2.15 bits per heavy atom. The van der Waals surface area contributed by atoms with Crippen LogP contribution in [0.2, 0.25) is 0 Å². The number of amides is 1. The summed E-state index contributed by atoms with van der Waals surface area (Å²) in [6.07, 6.45) is 4.41. The van der Waals surface area contributed by atoms with Gasteiger partial charge in [-0.25, -0.2) is 0 Å². The first-order valence-corrected chi connectivity index (χ1v) is 6.31. The van der Waals surface area contributed by atoms with Gasteiger partial charge in [-0.05, 0) is 31.5 Å². The lowest BCUT2D eigenvalue weighted by atomic mass is 10.1. The van der Waals surface area contributed by atoms with Gasteiger partial charge in [0.2, 0.25) is 0 Å². The van der Waals surface area contributed by atoms with E-state index in [1.807, 2.05) is 13.0 Å². The Balaban J connectivity index is 2.81. The third-order valence-corrected chi connectivity index (χ3v) is 2.75. The van der Waals surface area contributed by atoms with E-state index < -0.39 is 6.10 Å². The predicted molar refractivity (Wildman–Crippen MR) is 77.5 cm³/mol. The molecule has 0 heterocycles. The molecule has 5 nitrogen and oxygen atoms in total. The molecule has 0 aliphatic heterocycles. The molecule has 0 fully saturated rings. The molecule has 1 amide bonds. The molecule has 0 saturated carbocycles. The highest BCUT2D eigenvalue weighted by Crippen LogP contribution is 2.30. The summed E-state index contributed by atoms with van der Waals surface area (Å²) in [5, 5.41) is 2.56. The lowest BCUT2D eigenvalue weighted by Crippen LogP contribution is -2.36. The van der Waals surface area contributed by atoms with E-state index in [9.17, 15) is 4.79 Å². The van der Waals surface area contributed by atoms with Gasteiger partial charge in [-0.1, -0.05) is 12.0 Å². The molecule has 1 aromatic carbocycles. The summed E-state index contributed by atoms with van der Waals surface area (Å²) in [4.78, 5) is 11.7. The number of nitrogens with two attached hydrogens (primary N) is 1. The second kappa shape index (κ2) is 7.41. The van der Waals surface area contributed by atoms with E-state index in [0.29, 0.717) is 11.5 Å². The van der Waals surface area contributed by atoms with E-state index in [0.717, 1.165) is 5.56 Å². The highest BCUT2D eigenvalue weighted by molar-refractivity contribution is 5.81. The summed E-state index contributed by atoms with van der Waals surface area (Å²) in [5.41, 5.74) is 6.74. The second-order valence-corrected chi connectivity index (χ2v) is 4.38. The van der Waals surface area contributed by atoms with Gasteiger partial charge in [0.25, 0.3) is 5.91 Å². The van der Waals surface area contributed by atoms with Gasteiger partial charge in [0.05, 0.1) is 13.7 Å². The number of terminal acetylenes is 1. The normalized spacial score (nSPS) is 12.9. The number of ether oxygens (including phenoxy) is 2. The summed E-state index contributed by atoms with van der Waals surface area (Å²) >= 11 is 0. The number of carbonyl (C=O) groups excluding carboxylic acids is 1. The molecule has 1 rings (SSSR count). The molecule has 0 aliphatic carbocycles. The summed E-state index contributed by atoms with van der Waals surface area (Å²) in [5.74, 6) is 3.08. The lowest BCUT2D eigenvalue weighted by molar-refractivity contribution is -0.127. The maximum atomic E-state index is 11.7. The van der Waals surface area contributed by atoms with Crippen molar-refractivity contribution in [3.63, 3.8) is 0 Å². The van der Waals surface area contributed by atoms with E-state index in [1.54, 1.807) is 19.1 Å². The van der Waals surface area contributed by atoms with Crippen LogP contribution in [0.5, 0.6) is 11.5 Å². The molecular weight excluding hydrogens is 256 g/mol. The van der Waals surface area contributed by atoms with Crippen molar-refractivity contribution in [2.24, 2.45) is 5.73 Å². The maximum Gasteiger partial charge on any atom is 0.261 e. The summed E-state index contributed by atoms with van der Waals surface area (Å²) in [6, 6.07) is 5.28. The van der Waals surface area contributed by atoms with Crippen LogP contribution in [-0.4, -0.2) is 25.7 Å². The standard InChI is InChI=1S/C15H20N2O3/c1-5-8-17-15(18)11(3)20-13-7-6-12(10(2)16)9-14(13)19-4/h1,6-7,9-11H,8,16H2,2-4H3,(H,17,18). The number of nitrogens with one attached hydrogen (secondary N) is 1. The van der Waals surface area contributed by atoms with Crippen molar-refractivity contribution >= 4 is 5.91 Å². The molecule has 2 atom stereocenters. The van der Waals surface area contributed by atoms with Gasteiger partial charge in [-0.2, -0.15) is 0 Å². The van der Waals surface area contributed by atoms with Gasteiger partial charge in [-0.15, -0.1) is 6.42 Å². The zero-order chi connectivity index (χ0) is 15.1. The molecule has 0 saturated heterocycles. The van der Waals surface area contributed by atoms with Crippen molar-refractivity contribution in [3.05, 3.63) is 23.8 Å². The van der Waals surface area contributed by atoms with E-state index in [1.165, 1.54) is 7.11 Å². The van der Waals surface area contributed by atoms with Gasteiger partial charge in [-0.3, -0.25) is 4.79 Å². The summed E-state index contributed by atoms with van der Waals surface area (Å²) in [6.45, 7) is 3.70. The van der Waals surface area contributed by atoms with E-state index in [4.69, 9.17) is 21.6 Å². The zero-order valence-electron chi connectivity index (χ0n) is 12.0. The number of methoxy groups -OCH3 is 1. The Bertz CT molecular complexity index is 506. The fourth-order valence-corrected chi connectivity index (χ4v) is 1.59. The van der Waals surface area contributed by atoms with Crippen molar-refractivity contribution in [3.8, 4) is 23.8 Å². The second-order valence-electron chi connectivity index (χ2n) is 4.38. The molecule has 0 radical (unpaired) electrons. The van der Waals surface area contributed by atoms with Crippen LogP contribution >= 0.6 is 0 Å². The molecule has 0 spiro atoms. The molecule has 108 valence electrons. The van der Waals surface area contributed by atoms with Crippen LogP contribution in [-0.2, 0) is 4.79 Å². The Morgan fingerprint density at radius 3 is 2.70 bits per heavy atom. The van der Waals surface area contributed by atoms with Crippen molar-refractivity contribution in [1.82, 2.24) is 5.32 Å². The van der Waals surface area contributed by atoms with Crippen molar-refractivity contribution < 1.29 is 14.3 Å². The van der Waals surface area contributed by atoms with Crippen LogP contribution < -0.4 is 20.5 Å². The maximum absolute atomic E-state index is 11.7. The number of hydrogen-bond donors (Lipinski definition) is 2. The van der Waals surface area contributed by atoms with Gasteiger partial charge < -0.3 is 20.5 Å². The smallest absolute Gasteiger partial charge is 0.261 e. The van der Waals surface area contributed by atoms with Crippen LogP contribution in [0.3, 0.4) is 0 Å². The van der Waals surface area contributed by atoms with Crippen LogP contribution in [0.25, 0.3) is 0 Å². The Kier molecular flexibility index (Phi) is 5.88. The largest absolute Gasteiger partial charge is 0.493 e. The lowest BCUT2D eigenvalue weighted by Gasteiger charge is -2.17. The molecule has 0 aliphatic rings. The van der Waals surface area contributed by atoms with E-state index in [2.05, 4.69) is 11.2 Å². The Morgan fingerprint density at radius 1 is 1.45 bits per heavy atom. The molecule has 2 unspecified atom stereocenters. The molecule has 0 bridgehead atoms. The first-order chi connectivity index (χ1) is 9.49. The Hall–Kier alpha value is -2.19. The Labute approximate surface area is 119 Å². The number of hydrogen-bond acceptors (Lipinski definition) is 4. The predicted octanol–water partition coefficient (Wildman–Crippen LogP) is 1.23. The number of rotatable bonds is 6. The third-order valence-electron chi connectivity index (χ3n) is 2.75. The van der Waals surface area contributed by atoms with E-state index in [-0.39, 0.29) is 18.5 Å². The average molecular weight is 276 g/mol. The van der Waals surface area contributed by atoms with Crippen molar-refractivity contribution in [1.29, 1.82) is 0 Å². The quantitative estimate of drug-likeness (QED) is 0.766. The number of carbonyl (C=O) groups is 1. The molecule has 3 N–H and O–H groups in total. The summed E-state index contributed by atoms with van der Waals surface area (Å²) in [7, 11) is 1.54. The molecule has 20 heavy (non-hydrogen) atoms. The van der Waals surface area contributed by atoms with Crippen LogP contribution in [0.1, 0.15) is 25.5 Å². The van der Waals surface area contributed by atoms with Crippen molar-refractivity contribution in [2.75, 3.05) is 13.7 Å². The highest BCUT2D eigenvalue weighted by atomic mass is 16.5. The monoisotopic (exact) mass is 276 g/mol. The molecular formula is C15H20N2O3. The fourth-order valence-electron chi connectivity index (χ4n) is 1.59. The topological polar surface area (TPSA) is 73.6 Å². The van der Waals surface area contributed by atoms with Gasteiger partial charge in [0.1, 0.15) is 0 Å². The minimum atomic E-state index is -0.668. The van der Waals surface area contributed by atoms with Gasteiger partial charge >= 0.3 is 0 Å². The minimum absolute atomic E-state index is 0.102. The first kappa shape index (κ1) is 15.9. The zero-order valence-corrected chi connectivity index (χ0v) is 12.0.